The molecule has 106 valence electrons. The lowest BCUT2D eigenvalue weighted by atomic mass is 9.96. The van der Waals surface area contributed by atoms with Crippen molar-refractivity contribution >= 4 is 11.6 Å². The number of benzene rings is 1. The van der Waals surface area contributed by atoms with Crippen LogP contribution in [0.2, 0.25) is 0 Å². The summed E-state index contributed by atoms with van der Waals surface area (Å²) in [5, 5.41) is 4.11. The molecule has 0 aliphatic carbocycles. The number of nitrogens with zero attached hydrogens (tertiary/aromatic N) is 1. The van der Waals surface area contributed by atoms with E-state index in [9.17, 15) is 9.59 Å². The Morgan fingerprint density at radius 3 is 2.48 bits per heavy atom. The van der Waals surface area contributed by atoms with Crippen molar-refractivity contribution in [2.45, 2.75) is 19.8 Å². The van der Waals surface area contributed by atoms with E-state index in [-0.39, 0.29) is 11.5 Å². The maximum absolute atomic E-state index is 11.1. The third-order valence-corrected chi connectivity index (χ3v) is 3.56. The molecule has 1 aromatic heterocycles. The standard InChI is InChI=1S/C16H15N3O2/c1-10-8-11(14-5-7-16(21)19-18-14)2-4-13(10)12-3-6-15(20)17-9-12/h2-4,6,8-9H,5,7H2,1H3,(H,17,20)(H,19,21). The Labute approximate surface area is 121 Å². The number of carbonyl (C=O) groups is 1. The molecule has 2 aromatic rings. The molecule has 0 saturated carbocycles. The highest BCUT2D eigenvalue weighted by Crippen LogP contribution is 2.24. The highest BCUT2D eigenvalue weighted by molar-refractivity contribution is 6.04. The van der Waals surface area contributed by atoms with Gasteiger partial charge in [0.15, 0.2) is 0 Å². The first-order valence-corrected chi connectivity index (χ1v) is 6.79. The van der Waals surface area contributed by atoms with E-state index in [0.717, 1.165) is 28.0 Å². The van der Waals surface area contributed by atoms with E-state index in [1.54, 1.807) is 12.3 Å². The van der Waals surface area contributed by atoms with Gasteiger partial charge in [-0.3, -0.25) is 9.59 Å². The molecule has 3 rings (SSSR count). The highest BCUT2D eigenvalue weighted by atomic mass is 16.2. The SMILES string of the molecule is Cc1cc(C2=NNC(=O)CC2)ccc1-c1ccc(=O)[nH]c1. The number of aromatic nitrogens is 1. The molecule has 0 radical (unpaired) electrons. The maximum Gasteiger partial charge on any atom is 0.247 e. The first kappa shape index (κ1) is 13.3. The second kappa shape index (κ2) is 5.36. The number of H-pyrrole nitrogens is 1. The minimum absolute atomic E-state index is 0.0414. The quantitative estimate of drug-likeness (QED) is 0.883. The van der Waals surface area contributed by atoms with E-state index in [1.165, 1.54) is 6.07 Å². The predicted molar refractivity (Wildman–Crippen MR) is 81.1 cm³/mol. The molecule has 0 spiro atoms. The number of aryl methyl sites for hydroxylation is 1. The van der Waals surface area contributed by atoms with Gasteiger partial charge in [0.25, 0.3) is 0 Å². The molecule has 0 saturated heterocycles. The van der Waals surface area contributed by atoms with Crippen molar-refractivity contribution < 1.29 is 4.79 Å². The van der Waals surface area contributed by atoms with Crippen molar-refractivity contribution in [1.29, 1.82) is 0 Å². The van der Waals surface area contributed by atoms with Crippen molar-refractivity contribution in [1.82, 2.24) is 10.4 Å². The van der Waals surface area contributed by atoms with Crippen molar-refractivity contribution in [2.75, 3.05) is 0 Å². The summed E-state index contributed by atoms with van der Waals surface area (Å²) in [4.78, 5) is 24.9. The minimum Gasteiger partial charge on any atom is -0.328 e. The average molecular weight is 281 g/mol. The molecule has 1 aliphatic heterocycles. The fourth-order valence-electron chi connectivity index (χ4n) is 2.43. The second-order valence-corrected chi connectivity index (χ2v) is 5.06. The first-order valence-electron chi connectivity index (χ1n) is 6.79. The minimum atomic E-state index is -0.111. The number of carbonyl (C=O) groups excluding carboxylic acids is 1. The summed E-state index contributed by atoms with van der Waals surface area (Å²) in [5.41, 5.74) is 7.44. The van der Waals surface area contributed by atoms with Crippen LogP contribution in [0.4, 0.5) is 0 Å². The van der Waals surface area contributed by atoms with E-state index in [4.69, 9.17) is 0 Å². The molecule has 2 heterocycles. The van der Waals surface area contributed by atoms with Crippen molar-refractivity contribution in [3.8, 4) is 11.1 Å². The number of rotatable bonds is 2. The molecule has 0 atom stereocenters. The van der Waals surface area contributed by atoms with Gasteiger partial charge in [-0.25, -0.2) is 5.43 Å². The third kappa shape index (κ3) is 2.76. The molecular formula is C16H15N3O2. The van der Waals surface area contributed by atoms with Crippen LogP contribution in [0, 0.1) is 6.92 Å². The van der Waals surface area contributed by atoms with Crippen LogP contribution in [-0.2, 0) is 4.79 Å². The summed E-state index contributed by atoms with van der Waals surface area (Å²) >= 11 is 0. The summed E-state index contributed by atoms with van der Waals surface area (Å²) in [6.45, 7) is 2.02. The van der Waals surface area contributed by atoms with Crippen molar-refractivity contribution in [3.05, 3.63) is 58.0 Å². The smallest absolute Gasteiger partial charge is 0.247 e. The topological polar surface area (TPSA) is 74.3 Å². The number of aromatic amines is 1. The molecular weight excluding hydrogens is 266 g/mol. The molecule has 1 aliphatic rings. The number of pyridine rings is 1. The van der Waals surface area contributed by atoms with Gasteiger partial charge in [-0.15, -0.1) is 0 Å². The number of amides is 1. The largest absolute Gasteiger partial charge is 0.328 e. The third-order valence-electron chi connectivity index (χ3n) is 3.56. The summed E-state index contributed by atoms with van der Waals surface area (Å²) < 4.78 is 0. The molecule has 1 amide bonds. The van der Waals surface area contributed by atoms with Crippen LogP contribution >= 0.6 is 0 Å². The summed E-state index contributed by atoms with van der Waals surface area (Å²) in [7, 11) is 0. The van der Waals surface area contributed by atoms with Crippen LogP contribution in [0.15, 0.2) is 46.4 Å². The first-order chi connectivity index (χ1) is 10.1. The Morgan fingerprint density at radius 2 is 1.86 bits per heavy atom. The fourth-order valence-corrected chi connectivity index (χ4v) is 2.43. The van der Waals surface area contributed by atoms with Gasteiger partial charge in [0.1, 0.15) is 0 Å². The number of hydrogen-bond donors (Lipinski definition) is 2. The van der Waals surface area contributed by atoms with Crippen molar-refractivity contribution in [2.24, 2.45) is 5.10 Å². The summed E-state index contributed by atoms with van der Waals surface area (Å²) in [6, 6.07) is 9.38. The summed E-state index contributed by atoms with van der Waals surface area (Å²) in [5.74, 6) is -0.0414. The molecule has 1 aromatic carbocycles. The van der Waals surface area contributed by atoms with Crippen LogP contribution in [0.25, 0.3) is 11.1 Å². The van der Waals surface area contributed by atoms with Crippen molar-refractivity contribution in [3.63, 3.8) is 0 Å². The van der Waals surface area contributed by atoms with Gasteiger partial charge in [-0.2, -0.15) is 5.10 Å². The Balaban J connectivity index is 1.95. The lowest BCUT2D eigenvalue weighted by Crippen LogP contribution is -2.25. The number of hydrogen-bond acceptors (Lipinski definition) is 3. The predicted octanol–water partition coefficient (Wildman–Crippen LogP) is 1.96. The van der Waals surface area contributed by atoms with Gasteiger partial charge in [-0.1, -0.05) is 12.1 Å². The van der Waals surface area contributed by atoms with Gasteiger partial charge in [-0.05, 0) is 41.3 Å². The van der Waals surface area contributed by atoms with Gasteiger partial charge in [0.2, 0.25) is 11.5 Å². The van der Waals surface area contributed by atoms with E-state index in [0.29, 0.717) is 12.8 Å². The second-order valence-electron chi connectivity index (χ2n) is 5.06. The molecule has 0 fully saturated rings. The normalized spacial score (nSPS) is 14.5. The van der Waals surface area contributed by atoms with Crippen LogP contribution in [0.1, 0.15) is 24.0 Å². The zero-order valence-electron chi connectivity index (χ0n) is 11.6. The van der Waals surface area contributed by atoms with Crippen LogP contribution in [0.5, 0.6) is 0 Å². The lowest BCUT2D eigenvalue weighted by Gasteiger charge is -2.14. The molecule has 5 nitrogen and oxygen atoms in total. The van der Waals surface area contributed by atoms with Gasteiger partial charge >= 0.3 is 0 Å². The highest BCUT2D eigenvalue weighted by Gasteiger charge is 2.14. The fraction of sp³-hybridized carbons (Fsp3) is 0.188. The Morgan fingerprint density at radius 1 is 1.05 bits per heavy atom. The van der Waals surface area contributed by atoms with Crippen LogP contribution < -0.4 is 11.0 Å². The van der Waals surface area contributed by atoms with E-state index in [1.807, 2.05) is 19.1 Å². The maximum atomic E-state index is 11.1. The molecule has 0 unspecified atom stereocenters. The Hall–Kier alpha value is -2.69. The van der Waals surface area contributed by atoms with E-state index in [2.05, 4.69) is 21.6 Å². The van der Waals surface area contributed by atoms with E-state index >= 15 is 0 Å². The van der Waals surface area contributed by atoms with Gasteiger partial charge in [0, 0.05) is 25.1 Å². The zero-order valence-corrected chi connectivity index (χ0v) is 11.6. The number of nitrogens with one attached hydrogen (secondary N) is 2. The van der Waals surface area contributed by atoms with Gasteiger partial charge in [0.05, 0.1) is 5.71 Å². The summed E-state index contributed by atoms with van der Waals surface area (Å²) in [6.07, 6.45) is 2.84. The number of hydrazone groups is 1. The zero-order chi connectivity index (χ0) is 14.8. The molecule has 21 heavy (non-hydrogen) atoms. The van der Waals surface area contributed by atoms with Crippen LogP contribution in [0.3, 0.4) is 0 Å². The Kier molecular flexibility index (Phi) is 3.39. The average Bonchev–Trinajstić information content (AvgIpc) is 2.49. The molecule has 0 bridgehead atoms. The molecule has 2 N–H and O–H groups in total. The van der Waals surface area contributed by atoms with Gasteiger partial charge < -0.3 is 4.98 Å². The van der Waals surface area contributed by atoms with E-state index < -0.39 is 0 Å². The Bertz CT molecular complexity index is 770. The molecule has 5 heteroatoms. The van der Waals surface area contributed by atoms with Crippen LogP contribution in [-0.4, -0.2) is 16.6 Å². The lowest BCUT2D eigenvalue weighted by molar-refractivity contribution is -0.121. The monoisotopic (exact) mass is 281 g/mol.